The van der Waals surface area contributed by atoms with E-state index in [2.05, 4.69) is 10.6 Å². The standard InChI is InChI=1S/C24H25N3O5S/c1-30-19-12-18(13-20(31-2)22(19)32-3)26-24(29)25-17-7-6-15-8-9-27(14-16(15)11-17)23(28)21-5-4-10-33-21/h4-7,10-13H,8-9,14H2,1-3H3,(H2,25,26,29). The number of methoxy groups -OCH3 is 3. The fraction of sp³-hybridized carbons (Fsp3) is 0.250. The largest absolute Gasteiger partial charge is 0.493 e. The molecule has 0 aliphatic carbocycles. The molecule has 0 saturated carbocycles. The minimum Gasteiger partial charge on any atom is -0.493 e. The van der Waals surface area contributed by atoms with Crippen LogP contribution in [0.2, 0.25) is 0 Å². The smallest absolute Gasteiger partial charge is 0.323 e. The Labute approximate surface area is 196 Å². The van der Waals surface area contributed by atoms with Gasteiger partial charge in [0.1, 0.15) is 0 Å². The van der Waals surface area contributed by atoms with Crippen molar-refractivity contribution in [1.82, 2.24) is 4.90 Å². The van der Waals surface area contributed by atoms with Gasteiger partial charge in [0.05, 0.1) is 31.9 Å². The van der Waals surface area contributed by atoms with Crippen molar-refractivity contribution in [2.24, 2.45) is 0 Å². The van der Waals surface area contributed by atoms with Crippen molar-refractivity contribution in [2.75, 3.05) is 38.5 Å². The minimum atomic E-state index is -0.411. The van der Waals surface area contributed by atoms with Gasteiger partial charge in [0.15, 0.2) is 11.5 Å². The average Bonchev–Trinajstić information content (AvgIpc) is 3.37. The first-order chi connectivity index (χ1) is 16.0. The first kappa shape index (κ1) is 22.5. The van der Waals surface area contributed by atoms with E-state index in [4.69, 9.17) is 14.2 Å². The predicted octanol–water partition coefficient (Wildman–Crippen LogP) is 4.62. The first-order valence-electron chi connectivity index (χ1n) is 10.3. The van der Waals surface area contributed by atoms with Crippen molar-refractivity contribution in [3.05, 3.63) is 63.8 Å². The summed E-state index contributed by atoms with van der Waals surface area (Å²) >= 11 is 1.44. The van der Waals surface area contributed by atoms with Gasteiger partial charge in [-0.1, -0.05) is 12.1 Å². The van der Waals surface area contributed by atoms with E-state index in [0.717, 1.165) is 16.9 Å². The number of nitrogens with zero attached hydrogens (tertiary/aromatic N) is 1. The van der Waals surface area contributed by atoms with E-state index in [1.54, 1.807) is 12.1 Å². The fourth-order valence-corrected chi connectivity index (χ4v) is 4.50. The van der Waals surface area contributed by atoms with Gasteiger partial charge in [-0.2, -0.15) is 0 Å². The zero-order chi connectivity index (χ0) is 23.4. The van der Waals surface area contributed by atoms with Crippen LogP contribution in [0.3, 0.4) is 0 Å². The molecular formula is C24H25N3O5S. The Hall–Kier alpha value is -3.72. The van der Waals surface area contributed by atoms with Crippen molar-refractivity contribution in [2.45, 2.75) is 13.0 Å². The SMILES string of the molecule is COc1cc(NC(=O)Nc2ccc3c(c2)CN(C(=O)c2cccs2)CC3)cc(OC)c1OC. The Morgan fingerprint density at radius 2 is 1.64 bits per heavy atom. The maximum Gasteiger partial charge on any atom is 0.323 e. The van der Waals surface area contributed by atoms with Crippen molar-refractivity contribution in [1.29, 1.82) is 0 Å². The zero-order valence-corrected chi connectivity index (χ0v) is 19.5. The molecule has 172 valence electrons. The lowest BCUT2D eigenvalue weighted by atomic mass is 9.99. The van der Waals surface area contributed by atoms with Crippen LogP contribution in [0.1, 0.15) is 20.8 Å². The van der Waals surface area contributed by atoms with Crippen LogP contribution in [0, 0.1) is 0 Å². The van der Waals surface area contributed by atoms with E-state index in [9.17, 15) is 9.59 Å². The van der Waals surface area contributed by atoms with Gasteiger partial charge in [0.25, 0.3) is 5.91 Å². The number of carbonyl (C=O) groups excluding carboxylic acids is 2. The molecule has 3 aromatic rings. The molecule has 2 heterocycles. The number of thiophene rings is 1. The molecule has 8 nitrogen and oxygen atoms in total. The van der Waals surface area contributed by atoms with E-state index < -0.39 is 6.03 Å². The van der Waals surface area contributed by atoms with E-state index in [1.807, 2.05) is 40.6 Å². The molecule has 33 heavy (non-hydrogen) atoms. The summed E-state index contributed by atoms with van der Waals surface area (Å²) in [6.07, 6.45) is 0.782. The number of hydrogen-bond acceptors (Lipinski definition) is 6. The van der Waals surface area contributed by atoms with E-state index in [1.165, 1.54) is 38.2 Å². The van der Waals surface area contributed by atoms with Crippen LogP contribution in [0.4, 0.5) is 16.2 Å². The van der Waals surface area contributed by atoms with Crippen molar-refractivity contribution < 1.29 is 23.8 Å². The van der Waals surface area contributed by atoms with Gasteiger partial charge < -0.3 is 29.7 Å². The molecule has 0 spiro atoms. The molecule has 0 atom stereocenters. The molecule has 1 aromatic heterocycles. The molecule has 9 heteroatoms. The normalized spacial score (nSPS) is 12.5. The third-order valence-corrected chi connectivity index (χ3v) is 6.28. The minimum absolute atomic E-state index is 0.0363. The Morgan fingerprint density at radius 1 is 0.909 bits per heavy atom. The number of ether oxygens (including phenoxy) is 3. The van der Waals surface area contributed by atoms with E-state index >= 15 is 0 Å². The highest BCUT2D eigenvalue weighted by Crippen LogP contribution is 2.40. The Kier molecular flexibility index (Phi) is 6.69. The number of anilines is 2. The lowest BCUT2D eigenvalue weighted by Gasteiger charge is -2.29. The van der Waals surface area contributed by atoms with Gasteiger partial charge in [0, 0.05) is 30.9 Å². The summed E-state index contributed by atoms with van der Waals surface area (Å²) in [5.74, 6) is 1.37. The van der Waals surface area contributed by atoms with Crippen LogP contribution in [0.25, 0.3) is 0 Å². The number of amides is 3. The molecule has 0 unspecified atom stereocenters. The summed E-state index contributed by atoms with van der Waals surface area (Å²) < 4.78 is 16.0. The second-order valence-electron chi connectivity index (χ2n) is 7.43. The van der Waals surface area contributed by atoms with Crippen LogP contribution >= 0.6 is 11.3 Å². The molecule has 0 bridgehead atoms. The van der Waals surface area contributed by atoms with Gasteiger partial charge in [-0.05, 0) is 41.1 Å². The zero-order valence-electron chi connectivity index (χ0n) is 18.6. The molecular weight excluding hydrogens is 442 g/mol. The Morgan fingerprint density at radius 3 is 2.27 bits per heavy atom. The number of hydrogen-bond donors (Lipinski definition) is 2. The third kappa shape index (κ3) is 4.88. The van der Waals surface area contributed by atoms with Gasteiger partial charge >= 0.3 is 6.03 Å². The molecule has 2 N–H and O–H groups in total. The number of benzene rings is 2. The maximum atomic E-state index is 12.7. The fourth-order valence-electron chi connectivity index (χ4n) is 3.81. The van der Waals surface area contributed by atoms with Crippen LogP contribution in [-0.2, 0) is 13.0 Å². The second-order valence-corrected chi connectivity index (χ2v) is 8.38. The quantitative estimate of drug-likeness (QED) is 0.552. The molecule has 0 saturated heterocycles. The highest BCUT2D eigenvalue weighted by Gasteiger charge is 2.23. The predicted molar refractivity (Wildman–Crippen MR) is 128 cm³/mol. The molecule has 3 amide bonds. The molecule has 4 rings (SSSR count). The summed E-state index contributed by atoms with van der Waals surface area (Å²) in [4.78, 5) is 27.9. The lowest BCUT2D eigenvalue weighted by molar-refractivity contribution is 0.0739. The number of rotatable bonds is 6. The molecule has 1 aliphatic heterocycles. The van der Waals surface area contributed by atoms with Crippen LogP contribution in [-0.4, -0.2) is 44.7 Å². The third-order valence-electron chi connectivity index (χ3n) is 5.42. The summed E-state index contributed by atoms with van der Waals surface area (Å²) in [5.41, 5.74) is 3.34. The van der Waals surface area contributed by atoms with Crippen molar-refractivity contribution in [3.63, 3.8) is 0 Å². The monoisotopic (exact) mass is 467 g/mol. The summed E-state index contributed by atoms with van der Waals surface area (Å²) in [5, 5.41) is 7.54. The molecule has 0 fully saturated rings. The lowest BCUT2D eigenvalue weighted by Crippen LogP contribution is -2.35. The highest BCUT2D eigenvalue weighted by atomic mass is 32.1. The Balaban J connectivity index is 1.46. The van der Waals surface area contributed by atoms with Crippen molar-refractivity contribution >= 4 is 34.6 Å². The number of urea groups is 1. The van der Waals surface area contributed by atoms with Crippen LogP contribution < -0.4 is 24.8 Å². The van der Waals surface area contributed by atoms with Crippen LogP contribution in [0.5, 0.6) is 17.2 Å². The summed E-state index contributed by atoms with van der Waals surface area (Å²) in [7, 11) is 4.55. The topological polar surface area (TPSA) is 89.1 Å². The maximum absolute atomic E-state index is 12.7. The summed E-state index contributed by atoms with van der Waals surface area (Å²) in [6, 6.07) is 12.4. The molecule has 2 aromatic carbocycles. The Bertz CT molecular complexity index is 1140. The van der Waals surface area contributed by atoms with Gasteiger partial charge in [-0.3, -0.25) is 4.79 Å². The number of carbonyl (C=O) groups is 2. The second kappa shape index (κ2) is 9.83. The number of fused-ring (bicyclic) bond motifs is 1. The molecule has 1 aliphatic rings. The molecule has 0 radical (unpaired) electrons. The van der Waals surface area contributed by atoms with Crippen LogP contribution in [0.15, 0.2) is 47.8 Å². The summed E-state index contributed by atoms with van der Waals surface area (Å²) in [6.45, 7) is 1.19. The van der Waals surface area contributed by atoms with E-state index in [-0.39, 0.29) is 5.91 Å². The van der Waals surface area contributed by atoms with Gasteiger partial charge in [0.2, 0.25) is 5.75 Å². The highest BCUT2D eigenvalue weighted by molar-refractivity contribution is 7.12. The van der Waals surface area contributed by atoms with Gasteiger partial charge in [-0.25, -0.2) is 4.79 Å². The average molecular weight is 468 g/mol. The first-order valence-corrected chi connectivity index (χ1v) is 11.2. The number of nitrogens with one attached hydrogen (secondary N) is 2. The van der Waals surface area contributed by atoms with Gasteiger partial charge in [-0.15, -0.1) is 11.3 Å². The van der Waals surface area contributed by atoms with Crippen molar-refractivity contribution in [3.8, 4) is 17.2 Å². The van der Waals surface area contributed by atoms with E-state index in [0.29, 0.717) is 41.7 Å².